The first-order chi connectivity index (χ1) is 7.24. The number of H-pyrrole nitrogens is 1. The Bertz CT molecular complexity index is 528. The van der Waals surface area contributed by atoms with E-state index in [9.17, 15) is 9.90 Å². The number of aromatic nitrogens is 1. The number of fused-ring (bicyclic) bond motifs is 1. The average Bonchev–Trinajstić information content (AvgIpc) is 2.54. The van der Waals surface area contributed by atoms with Crippen molar-refractivity contribution >= 4 is 23.0 Å². The normalized spacial score (nSPS) is 10.1. The van der Waals surface area contributed by atoms with E-state index in [2.05, 4.69) is 16.9 Å². The van der Waals surface area contributed by atoms with E-state index in [0.717, 1.165) is 10.9 Å². The Labute approximate surface area is 86.2 Å². The van der Waals surface area contributed by atoms with Gasteiger partial charge in [-0.1, -0.05) is 24.8 Å². The molecular weight excluding hydrogens is 192 g/mol. The molecule has 76 valence electrons. The van der Waals surface area contributed by atoms with Gasteiger partial charge in [0.15, 0.2) is 5.88 Å². The van der Waals surface area contributed by atoms with Gasteiger partial charge < -0.3 is 15.4 Å². The van der Waals surface area contributed by atoms with E-state index < -0.39 is 0 Å². The average molecular weight is 202 g/mol. The number of nitrogens with one attached hydrogen (secondary N) is 2. The summed E-state index contributed by atoms with van der Waals surface area (Å²) in [6, 6.07) is 7.40. The number of aromatic amines is 1. The summed E-state index contributed by atoms with van der Waals surface area (Å²) in [7, 11) is 0. The van der Waals surface area contributed by atoms with Crippen LogP contribution in [-0.4, -0.2) is 16.5 Å². The molecule has 3 N–H and O–H groups in total. The topological polar surface area (TPSA) is 65.1 Å². The highest BCUT2D eigenvalue weighted by atomic mass is 16.3. The van der Waals surface area contributed by atoms with Crippen molar-refractivity contribution in [1.29, 1.82) is 0 Å². The van der Waals surface area contributed by atoms with E-state index in [1.807, 2.05) is 24.3 Å². The zero-order chi connectivity index (χ0) is 10.8. The van der Waals surface area contributed by atoms with Crippen molar-refractivity contribution in [1.82, 2.24) is 10.3 Å². The lowest BCUT2D eigenvalue weighted by atomic mass is 10.1. The number of carbonyl (C=O) groups excluding carboxylic acids is 1. The summed E-state index contributed by atoms with van der Waals surface area (Å²) in [6.07, 6.45) is 0.531. The molecule has 4 heteroatoms. The molecule has 0 saturated heterocycles. The SMILES string of the molecule is C=C(NC=O)c1c(O)[nH]c2ccccc12. The van der Waals surface area contributed by atoms with Crippen LogP contribution in [0.4, 0.5) is 0 Å². The number of amides is 1. The molecule has 2 aromatic rings. The molecule has 0 bridgehead atoms. The maximum atomic E-state index is 10.3. The van der Waals surface area contributed by atoms with Crippen LogP contribution in [0, 0.1) is 0 Å². The minimum Gasteiger partial charge on any atom is -0.494 e. The molecule has 15 heavy (non-hydrogen) atoms. The quantitative estimate of drug-likeness (QED) is 0.662. The van der Waals surface area contributed by atoms with Crippen molar-refractivity contribution in [3.8, 4) is 5.88 Å². The lowest BCUT2D eigenvalue weighted by Crippen LogP contribution is -2.07. The van der Waals surface area contributed by atoms with Crippen molar-refractivity contribution in [2.24, 2.45) is 0 Å². The Morgan fingerprint density at radius 1 is 1.47 bits per heavy atom. The number of hydrogen-bond donors (Lipinski definition) is 3. The molecule has 1 heterocycles. The maximum absolute atomic E-state index is 10.3. The third kappa shape index (κ3) is 1.46. The molecule has 0 unspecified atom stereocenters. The van der Waals surface area contributed by atoms with Crippen LogP contribution in [0.15, 0.2) is 30.8 Å². The van der Waals surface area contributed by atoms with E-state index >= 15 is 0 Å². The molecule has 0 aliphatic rings. The third-order valence-electron chi connectivity index (χ3n) is 2.22. The molecule has 0 atom stereocenters. The molecule has 1 amide bonds. The molecule has 0 spiro atoms. The van der Waals surface area contributed by atoms with E-state index in [0.29, 0.717) is 17.7 Å². The molecule has 4 nitrogen and oxygen atoms in total. The van der Waals surface area contributed by atoms with Gasteiger partial charge in [0.2, 0.25) is 6.41 Å². The smallest absolute Gasteiger partial charge is 0.211 e. The molecule has 0 aliphatic heterocycles. The molecule has 0 fully saturated rings. The summed E-state index contributed by atoms with van der Waals surface area (Å²) < 4.78 is 0. The molecule has 0 saturated carbocycles. The first kappa shape index (κ1) is 9.33. The van der Waals surface area contributed by atoms with Crippen molar-refractivity contribution in [2.45, 2.75) is 0 Å². The summed E-state index contributed by atoms with van der Waals surface area (Å²) in [5, 5.41) is 12.9. The zero-order valence-corrected chi connectivity index (χ0v) is 7.95. The Kier molecular flexibility index (Phi) is 2.17. The second-order valence-electron chi connectivity index (χ2n) is 3.13. The second-order valence-corrected chi connectivity index (χ2v) is 3.13. The molecule has 0 radical (unpaired) electrons. The summed E-state index contributed by atoms with van der Waals surface area (Å²) in [5.41, 5.74) is 1.71. The predicted molar refractivity (Wildman–Crippen MR) is 58.2 cm³/mol. The van der Waals surface area contributed by atoms with Crippen LogP contribution in [0.25, 0.3) is 16.6 Å². The summed E-state index contributed by atoms with van der Waals surface area (Å²) in [5.74, 6) is 0.00977. The van der Waals surface area contributed by atoms with E-state index in [4.69, 9.17) is 0 Å². The Morgan fingerprint density at radius 2 is 2.20 bits per heavy atom. The van der Waals surface area contributed by atoms with Crippen molar-refractivity contribution in [2.75, 3.05) is 0 Å². The number of rotatable bonds is 3. The number of hydrogen-bond acceptors (Lipinski definition) is 2. The minimum absolute atomic E-state index is 0.00977. The van der Waals surface area contributed by atoms with Crippen LogP contribution >= 0.6 is 0 Å². The Morgan fingerprint density at radius 3 is 2.93 bits per heavy atom. The van der Waals surface area contributed by atoms with Gasteiger partial charge in [0.25, 0.3) is 0 Å². The zero-order valence-electron chi connectivity index (χ0n) is 7.95. The first-order valence-corrected chi connectivity index (χ1v) is 4.43. The first-order valence-electron chi connectivity index (χ1n) is 4.43. The lowest BCUT2D eigenvalue weighted by Gasteiger charge is -2.02. The Hall–Kier alpha value is -2.23. The van der Waals surface area contributed by atoms with Gasteiger partial charge in [-0.15, -0.1) is 0 Å². The monoisotopic (exact) mass is 202 g/mol. The van der Waals surface area contributed by atoms with Gasteiger partial charge in [0, 0.05) is 16.6 Å². The van der Waals surface area contributed by atoms with Crippen LogP contribution in [0.5, 0.6) is 5.88 Å². The molecule has 1 aromatic carbocycles. The molecule has 0 aliphatic carbocycles. The van der Waals surface area contributed by atoms with Crippen LogP contribution in [0.3, 0.4) is 0 Å². The number of para-hydroxylation sites is 1. The van der Waals surface area contributed by atoms with Gasteiger partial charge in [-0.2, -0.15) is 0 Å². The number of aromatic hydroxyl groups is 1. The maximum Gasteiger partial charge on any atom is 0.211 e. The molecular formula is C11H10N2O2. The minimum atomic E-state index is 0.00977. The van der Waals surface area contributed by atoms with E-state index in [1.165, 1.54) is 0 Å². The number of carbonyl (C=O) groups is 1. The van der Waals surface area contributed by atoms with Gasteiger partial charge in [-0.05, 0) is 6.07 Å². The lowest BCUT2D eigenvalue weighted by molar-refractivity contribution is -0.108. The third-order valence-corrected chi connectivity index (χ3v) is 2.22. The van der Waals surface area contributed by atoms with Crippen molar-refractivity contribution in [3.05, 3.63) is 36.4 Å². The van der Waals surface area contributed by atoms with Crippen LogP contribution in [0.2, 0.25) is 0 Å². The van der Waals surface area contributed by atoms with Crippen LogP contribution in [0.1, 0.15) is 5.56 Å². The van der Waals surface area contributed by atoms with Gasteiger partial charge in [0.1, 0.15) is 0 Å². The second kappa shape index (κ2) is 3.49. The number of benzene rings is 1. The van der Waals surface area contributed by atoms with E-state index in [-0.39, 0.29) is 5.88 Å². The fourth-order valence-electron chi connectivity index (χ4n) is 1.58. The fraction of sp³-hybridized carbons (Fsp3) is 0. The fourth-order valence-corrected chi connectivity index (χ4v) is 1.58. The largest absolute Gasteiger partial charge is 0.494 e. The highest BCUT2D eigenvalue weighted by Crippen LogP contribution is 2.30. The standard InChI is InChI=1S/C11H10N2O2/c1-7(12-6-14)10-8-4-2-3-5-9(8)13-11(10)15/h2-6,13,15H,1H2,(H,12,14). The summed E-state index contributed by atoms with van der Waals surface area (Å²) in [6.45, 7) is 3.68. The highest BCUT2D eigenvalue weighted by Gasteiger charge is 2.12. The summed E-state index contributed by atoms with van der Waals surface area (Å²) in [4.78, 5) is 13.1. The van der Waals surface area contributed by atoms with E-state index in [1.54, 1.807) is 0 Å². The van der Waals surface area contributed by atoms with Gasteiger partial charge in [-0.25, -0.2) is 0 Å². The molecule has 2 rings (SSSR count). The van der Waals surface area contributed by atoms with Crippen molar-refractivity contribution < 1.29 is 9.90 Å². The Balaban J connectivity index is 2.63. The van der Waals surface area contributed by atoms with Crippen LogP contribution < -0.4 is 5.32 Å². The van der Waals surface area contributed by atoms with Crippen LogP contribution in [-0.2, 0) is 4.79 Å². The van der Waals surface area contributed by atoms with Gasteiger partial charge in [0.05, 0.1) is 5.56 Å². The van der Waals surface area contributed by atoms with Crippen molar-refractivity contribution in [3.63, 3.8) is 0 Å². The highest BCUT2D eigenvalue weighted by molar-refractivity contribution is 5.96. The molecule has 1 aromatic heterocycles. The predicted octanol–water partition coefficient (Wildman–Crippen LogP) is 1.59. The summed E-state index contributed by atoms with van der Waals surface area (Å²) >= 11 is 0. The van der Waals surface area contributed by atoms with Gasteiger partial charge >= 0.3 is 0 Å². The van der Waals surface area contributed by atoms with Gasteiger partial charge in [-0.3, -0.25) is 4.79 Å².